The monoisotopic (exact) mass is 391 g/mol. The molecule has 0 fully saturated rings. The van der Waals surface area contributed by atoms with Gasteiger partial charge in [-0.1, -0.05) is 48.2 Å². The van der Waals surface area contributed by atoms with E-state index in [1.165, 1.54) is 11.9 Å². The Morgan fingerprint density at radius 3 is 2.71 bits per heavy atom. The second kappa shape index (κ2) is 7.90. The standard InChI is InChI=1S/C21H21N5OS/c1-14-8-9-16(27-2)12-17(14)28-21-25-18-19(22)23-13-24-20(18)26(21)11-10-15-6-4-3-5-7-15/h3-9,12-13H,10-11H2,1-2H3,(H2,22,23,24). The number of aryl methyl sites for hydroxylation is 3. The van der Waals surface area contributed by atoms with E-state index in [0.29, 0.717) is 11.3 Å². The topological polar surface area (TPSA) is 78.8 Å². The third-order valence-corrected chi connectivity index (χ3v) is 5.74. The fraction of sp³-hybridized carbons (Fsp3) is 0.190. The molecule has 0 saturated heterocycles. The molecule has 0 saturated carbocycles. The van der Waals surface area contributed by atoms with Gasteiger partial charge in [-0.3, -0.25) is 0 Å². The fourth-order valence-corrected chi connectivity index (χ4v) is 4.04. The lowest BCUT2D eigenvalue weighted by atomic mass is 10.1. The molecule has 0 bridgehead atoms. The number of rotatable bonds is 6. The number of nitrogen functional groups attached to an aromatic ring is 1. The molecule has 0 unspecified atom stereocenters. The molecule has 0 aliphatic rings. The van der Waals surface area contributed by atoms with Crippen molar-refractivity contribution in [2.24, 2.45) is 0 Å². The summed E-state index contributed by atoms with van der Waals surface area (Å²) in [4.78, 5) is 14.4. The Morgan fingerprint density at radius 2 is 1.93 bits per heavy atom. The number of nitrogens with two attached hydrogens (primary N) is 1. The van der Waals surface area contributed by atoms with E-state index in [1.807, 2.05) is 24.3 Å². The SMILES string of the molecule is COc1ccc(C)c(Sc2nc3c(N)ncnc3n2CCc2ccccc2)c1. The molecule has 4 rings (SSSR count). The van der Waals surface area contributed by atoms with E-state index in [4.69, 9.17) is 15.5 Å². The van der Waals surface area contributed by atoms with E-state index >= 15 is 0 Å². The third-order valence-electron chi connectivity index (χ3n) is 4.59. The van der Waals surface area contributed by atoms with Gasteiger partial charge in [0.1, 0.15) is 12.1 Å². The zero-order chi connectivity index (χ0) is 19.5. The van der Waals surface area contributed by atoms with Gasteiger partial charge in [-0.15, -0.1) is 0 Å². The summed E-state index contributed by atoms with van der Waals surface area (Å²) in [5, 5.41) is 0.842. The van der Waals surface area contributed by atoms with Crippen LogP contribution in [0.2, 0.25) is 0 Å². The highest BCUT2D eigenvalue weighted by Gasteiger charge is 2.17. The van der Waals surface area contributed by atoms with Crippen LogP contribution in [0.3, 0.4) is 0 Å². The molecule has 142 valence electrons. The minimum Gasteiger partial charge on any atom is -0.497 e. The zero-order valence-corrected chi connectivity index (χ0v) is 16.6. The zero-order valence-electron chi connectivity index (χ0n) is 15.8. The van der Waals surface area contributed by atoms with Gasteiger partial charge in [-0.25, -0.2) is 15.0 Å². The van der Waals surface area contributed by atoms with Crippen molar-refractivity contribution < 1.29 is 4.74 Å². The Hall–Kier alpha value is -3.06. The number of ether oxygens (including phenoxy) is 1. The number of hydrogen-bond acceptors (Lipinski definition) is 6. The number of aromatic nitrogens is 4. The Balaban J connectivity index is 1.73. The van der Waals surface area contributed by atoms with Crippen LogP contribution in [-0.2, 0) is 13.0 Å². The lowest BCUT2D eigenvalue weighted by Crippen LogP contribution is -2.04. The number of benzene rings is 2. The quantitative estimate of drug-likeness (QED) is 0.533. The molecule has 0 spiro atoms. The van der Waals surface area contributed by atoms with E-state index in [9.17, 15) is 0 Å². The average molecular weight is 392 g/mol. The van der Waals surface area contributed by atoms with Gasteiger partial charge in [0, 0.05) is 11.4 Å². The fourth-order valence-electron chi connectivity index (χ4n) is 3.01. The van der Waals surface area contributed by atoms with Gasteiger partial charge < -0.3 is 15.0 Å². The van der Waals surface area contributed by atoms with Crippen LogP contribution in [0.1, 0.15) is 11.1 Å². The Kier molecular flexibility index (Phi) is 5.16. The highest BCUT2D eigenvalue weighted by atomic mass is 32.2. The first kappa shape index (κ1) is 18.3. The van der Waals surface area contributed by atoms with Crippen molar-refractivity contribution in [1.82, 2.24) is 19.5 Å². The van der Waals surface area contributed by atoms with Crippen LogP contribution < -0.4 is 10.5 Å². The van der Waals surface area contributed by atoms with E-state index < -0.39 is 0 Å². The number of anilines is 1. The summed E-state index contributed by atoms with van der Waals surface area (Å²) >= 11 is 1.59. The van der Waals surface area contributed by atoms with Gasteiger partial charge in [-0.05, 0) is 36.6 Å². The summed E-state index contributed by atoms with van der Waals surface area (Å²) in [6, 6.07) is 16.4. The van der Waals surface area contributed by atoms with Crippen LogP contribution >= 0.6 is 11.8 Å². The maximum Gasteiger partial charge on any atom is 0.175 e. The van der Waals surface area contributed by atoms with Gasteiger partial charge in [0.2, 0.25) is 0 Å². The van der Waals surface area contributed by atoms with Crippen LogP contribution in [0, 0.1) is 6.92 Å². The van der Waals surface area contributed by atoms with Crippen molar-refractivity contribution in [3.8, 4) is 5.75 Å². The second-order valence-corrected chi connectivity index (χ2v) is 7.46. The molecule has 0 radical (unpaired) electrons. The molecule has 2 aromatic heterocycles. The molecule has 0 amide bonds. The summed E-state index contributed by atoms with van der Waals surface area (Å²) in [5.74, 6) is 1.21. The summed E-state index contributed by atoms with van der Waals surface area (Å²) in [7, 11) is 1.67. The molecule has 0 atom stereocenters. The maximum atomic E-state index is 6.06. The smallest absolute Gasteiger partial charge is 0.175 e. The third kappa shape index (κ3) is 3.66. The summed E-state index contributed by atoms with van der Waals surface area (Å²) in [6.45, 7) is 2.83. The molecule has 2 aromatic carbocycles. The molecular formula is C21H21N5OS. The predicted octanol–water partition coefficient (Wildman–Crippen LogP) is 4.12. The predicted molar refractivity (Wildman–Crippen MR) is 112 cm³/mol. The summed E-state index contributed by atoms with van der Waals surface area (Å²) in [5.41, 5.74) is 9.87. The number of nitrogens with zero attached hydrogens (tertiary/aromatic N) is 4. The summed E-state index contributed by atoms with van der Waals surface area (Å²) in [6.07, 6.45) is 2.37. The van der Waals surface area contributed by atoms with Gasteiger partial charge in [0.05, 0.1) is 7.11 Å². The van der Waals surface area contributed by atoms with Crippen molar-refractivity contribution >= 4 is 28.7 Å². The molecule has 0 aliphatic heterocycles. The first-order valence-corrected chi connectivity index (χ1v) is 9.80. The first-order chi connectivity index (χ1) is 13.7. The van der Waals surface area contributed by atoms with Crippen molar-refractivity contribution in [3.05, 3.63) is 66.0 Å². The first-order valence-electron chi connectivity index (χ1n) is 8.99. The number of fused-ring (bicyclic) bond motifs is 1. The number of imidazole rings is 1. The number of methoxy groups -OCH3 is 1. The van der Waals surface area contributed by atoms with Crippen LogP contribution in [0.15, 0.2) is 64.9 Å². The number of hydrogen-bond donors (Lipinski definition) is 1. The van der Waals surface area contributed by atoms with Crippen LogP contribution in [0.25, 0.3) is 11.2 Å². The molecule has 6 nitrogen and oxygen atoms in total. The van der Waals surface area contributed by atoms with Crippen LogP contribution in [0.5, 0.6) is 5.75 Å². The molecule has 0 aliphatic carbocycles. The van der Waals surface area contributed by atoms with Crippen molar-refractivity contribution in [2.45, 2.75) is 29.9 Å². The van der Waals surface area contributed by atoms with Gasteiger partial charge in [0.25, 0.3) is 0 Å². The van der Waals surface area contributed by atoms with Crippen molar-refractivity contribution in [2.75, 3.05) is 12.8 Å². The molecule has 2 N–H and O–H groups in total. The van der Waals surface area contributed by atoms with Crippen LogP contribution in [-0.4, -0.2) is 26.6 Å². The van der Waals surface area contributed by atoms with E-state index in [2.05, 4.69) is 45.7 Å². The summed E-state index contributed by atoms with van der Waals surface area (Å²) < 4.78 is 7.49. The highest BCUT2D eigenvalue weighted by molar-refractivity contribution is 7.99. The molecule has 28 heavy (non-hydrogen) atoms. The van der Waals surface area contributed by atoms with Gasteiger partial charge in [0.15, 0.2) is 22.1 Å². The Morgan fingerprint density at radius 1 is 1.11 bits per heavy atom. The van der Waals surface area contributed by atoms with Crippen molar-refractivity contribution in [3.63, 3.8) is 0 Å². The van der Waals surface area contributed by atoms with E-state index in [1.54, 1.807) is 18.9 Å². The normalized spacial score (nSPS) is 11.1. The van der Waals surface area contributed by atoms with E-state index in [-0.39, 0.29) is 0 Å². The molecule has 7 heteroatoms. The lowest BCUT2D eigenvalue weighted by Gasteiger charge is -2.11. The largest absolute Gasteiger partial charge is 0.497 e. The molecular weight excluding hydrogens is 370 g/mol. The Labute approximate surface area is 167 Å². The average Bonchev–Trinajstić information content (AvgIpc) is 3.07. The Bertz CT molecular complexity index is 1110. The van der Waals surface area contributed by atoms with Crippen LogP contribution in [0.4, 0.5) is 5.82 Å². The maximum absolute atomic E-state index is 6.06. The molecule has 2 heterocycles. The minimum absolute atomic E-state index is 0.396. The minimum atomic E-state index is 0.396. The van der Waals surface area contributed by atoms with E-state index in [0.717, 1.165) is 40.0 Å². The molecule has 4 aromatic rings. The lowest BCUT2D eigenvalue weighted by molar-refractivity contribution is 0.413. The van der Waals surface area contributed by atoms with Gasteiger partial charge in [-0.2, -0.15) is 0 Å². The second-order valence-electron chi connectivity index (χ2n) is 6.45. The van der Waals surface area contributed by atoms with Crippen molar-refractivity contribution in [1.29, 1.82) is 0 Å². The highest BCUT2D eigenvalue weighted by Crippen LogP contribution is 2.34. The van der Waals surface area contributed by atoms with Gasteiger partial charge >= 0.3 is 0 Å².